The molecule has 0 saturated heterocycles. The Bertz CT molecular complexity index is 653. The zero-order chi connectivity index (χ0) is 16.2. The second-order valence-corrected chi connectivity index (χ2v) is 6.46. The van der Waals surface area contributed by atoms with Crippen LogP contribution in [0.2, 0.25) is 0 Å². The van der Waals surface area contributed by atoms with Gasteiger partial charge in [-0.2, -0.15) is 0 Å². The van der Waals surface area contributed by atoms with Crippen LogP contribution in [0.4, 0.5) is 0 Å². The number of nitrogens with zero attached hydrogens (tertiary/aromatic N) is 1. The van der Waals surface area contributed by atoms with Gasteiger partial charge in [-0.05, 0) is 25.3 Å². The van der Waals surface area contributed by atoms with Crippen LogP contribution in [0.3, 0.4) is 0 Å². The van der Waals surface area contributed by atoms with Crippen molar-refractivity contribution in [2.45, 2.75) is 39.2 Å². The number of carbonyl (C=O) groups excluding carboxylic acids is 1. The van der Waals surface area contributed by atoms with Gasteiger partial charge in [0.05, 0.1) is 0 Å². The van der Waals surface area contributed by atoms with E-state index >= 15 is 0 Å². The van der Waals surface area contributed by atoms with E-state index in [-0.39, 0.29) is 23.9 Å². The number of nitrogens with one attached hydrogen (secondary N) is 1. The van der Waals surface area contributed by atoms with Crippen LogP contribution in [0.5, 0.6) is 0 Å². The lowest BCUT2D eigenvalue weighted by atomic mass is 9.94. The minimum absolute atomic E-state index is 0. The maximum absolute atomic E-state index is 12.2. The molecule has 2 rings (SSSR count). The first-order chi connectivity index (χ1) is 10.5. The maximum atomic E-state index is 12.2. The van der Waals surface area contributed by atoms with Crippen molar-refractivity contribution in [3.8, 4) is 10.6 Å². The van der Waals surface area contributed by atoms with Gasteiger partial charge in [0.15, 0.2) is 0 Å². The summed E-state index contributed by atoms with van der Waals surface area (Å²) in [6, 6.07) is 8.04. The Morgan fingerprint density at radius 3 is 2.57 bits per heavy atom. The Labute approximate surface area is 147 Å². The van der Waals surface area contributed by atoms with Crippen LogP contribution in [0.15, 0.2) is 29.6 Å². The van der Waals surface area contributed by atoms with Crippen molar-refractivity contribution in [3.05, 3.63) is 40.9 Å². The fourth-order valence-corrected chi connectivity index (χ4v) is 3.05. The summed E-state index contributed by atoms with van der Waals surface area (Å²) in [5, 5.41) is 5.57. The van der Waals surface area contributed by atoms with Crippen LogP contribution in [-0.2, 0) is 0 Å². The normalized spacial score (nSPS) is 11.0. The van der Waals surface area contributed by atoms with Gasteiger partial charge >= 0.3 is 0 Å². The van der Waals surface area contributed by atoms with Crippen LogP contribution in [0.25, 0.3) is 10.6 Å². The van der Waals surface area contributed by atoms with Crippen molar-refractivity contribution in [1.29, 1.82) is 0 Å². The summed E-state index contributed by atoms with van der Waals surface area (Å²) in [5.74, 6) is -0.159. The number of aryl methyl sites for hydroxylation is 1. The number of thiazole rings is 1. The van der Waals surface area contributed by atoms with Crippen LogP contribution >= 0.6 is 23.7 Å². The van der Waals surface area contributed by atoms with Crippen LogP contribution in [0, 0.1) is 6.92 Å². The summed E-state index contributed by atoms with van der Waals surface area (Å²) in [5.41, 5.74) is 8.55. The smallest absolute Gasteiger partial charge is 0.270 e. The molecule has 4 nitrogen and oxygen atoms in total. The molecule has 0 spiro atoms. The van der Waals surface area contributed by atoms with E-state index < -0.39 is 0 Å². The molecule has 1 aromatic carbocycles. The first-order valence-corrected chi connectivity index (χ1v) is 8.45. The average molecular weight is 354 g/mol. The summed E-state index contributed by atoms with van der Waals surface area (Å²) in [4.78, 5) is 16.7. The fourth-order valence-electron chi connectivity index (χ4n) is 2.16. The number of hydrogen-bond acceptors (Lipinski definition) is 4. The molecule has 6 heteroatoms. The quantitative estimate of drug-likeness (QED) is 0.830. The molecule has 0 radical (unpaired) electrons. The summed E-state index contributed by atoms with van der Waals surface area (Å²) < 4.78 is 0. The van der Waals surface area contributed by atoms with Crippen LogP contribution < -0.4 is 11.1 Å². The zero-order valence-corrected chi connectivity index (χ0v) is 15.4. The molecule has 0 aliphatic carbocycles. The zero-order valence-electron chi connectivity index (χ0n) is 13.8. The van der Waals surface area contributed by atoms with E-state index in [0.29, 0.717) is 12.2 Å². The monoisotopic (exact) mass is 353 g/mol. The predicted octanol–water partition coefficient (Wildman–Crippen LogP) is 3.79. The number of amides is 1. The number of aromatic nitrogens is 1. The standard InChI is InChI=1S/C17H23N3OS.ClH/c1-4-17(18,5-2)11-19-15(21)14-10-22-16(20-14)13-9-7-6-8-12(13)3;/h6-10H,4-5,11,18H2,1-3H3,(H,19,21);1H. The highest BCUT2D eigenvalue weighted by molar-refractivity contribution is 7.13. The Morgan fingerprint density at radius 1 is 1.30 bits per heavy atom. The topological polar surface area (TPSA) is 68.0 Å². The molecule has 0 atom stereocenters. The number of carbonyl (C=O) groups is 1. The molecule has 0 fully saturated rings. The number of nitrogens with two attached hydrogens (primary N) is 1. The molecule has 1 heterocycles. The molecule has 126 valence electrons. The summed E-state index contributed by atoms with van der Waals surface area (Å²) in [6.45, 7) is 6.58. The van der Waals surface area contributed by atoms with Crippen LogP contribution in [0.1, 0.15) is 42.7 Å². The highest BCUT2D eigenvalue weighted by Gasteiger charge is 2.22. The number of halogens is 1. The summed E-state index contributed by atoms with van der Waals surface area (Å²) >= 11 is 1.49. The highest BCUT2D eigenvalue weighted by Crippen LogP contribution is 2.26. The molecular formula is C17H24ClN3OS. The van der Waals surface area contributed by atoms with Gasteiger partial charge in [0.25, 0.3) is 5.91 Å². The van der Waals surface area contributed by atoms with Gasteiger partial charge in [-0.3, -0.25) is 4.79 Å². The Balaban J connectivity index is 0.00000264. The summed E-state index contributed by atoms with van der Waals surface area (Å²) in [6.07, 6.45) is 1.66. The van der Waals surface area contributed by atoms with E-state index in [4.69, 9.17) is 5.73 Å². The van der Waals surface area contributed by atoms with Crippen molar-refractivity contribution in [2.75, 3.05) is 6.54 Å². The molecule has 0 unspecified atom stereocenters. The first-order valence-electron chi connectivity index (χ1n) is 7.57. The predicted molar refractivity (Wildman–Crippen MR) is 99.4 cm³/mol. The molecule has 1 amide bonds. The average Bonchev–Trinajstić information content (AvgIpc) is 3.02. The Kier molecular flexibility index (Phi) is 7.19. The molecule has 0 saturated carbocycles. The number of hydrogen-bond donors (Lipinski definition) is 2. The Hall–Kier alpha value is -1.43. The second kappa shape index (κ2) is 8.43. The third-order valence-corrected chi connectivity index (χ3v) is 5.00. The molecule has 0 aliphatic rings. The van der Waals surface area contributed by atoms with Gasteiger partial charge in [-0.15, -0.1) is 23.7 Å². The third-order valence-electron chi connectivity index (χ3n) is 4.12. The number of rotatable bonds is 6. The SMILES string of the molecule is CCC(N)(CC)CNC(=O)c1csc(-c2ccccc2C)n1.Cl. The van der Waals surface area contributed by atoms with E-state index in [1.54, 1.807) is 5.38 Å². The number of benzene rings is 1. The molecule has 0 aliphatic heterocycles. The summed E-state index contributed by atoms with van der Waals surface area (Å²) in [7, 11) is 0. The van der Waals surface area contributed by atoms with Gasteiger partial charge in [0.1, 0.15) is 10.7 Å². The van der Waals surface area contributed by atoms with Crippen molar-refractivity contribution < 1.29 is 4.79 Å². The minimum atomic E-state index is -0.343. The molecule has 23 heavy (non-hydrogen) atoms. The molecule has 0 bridgehead atoms. The van der Waals surface area contributed by atoms with Crippen molar-refractivity contribution in [1.82, 2.24) is 10.3 Å². The van der Waals surface area contributed by atoms with E-state index in [9.17, 15) is 4.79 Å². The van der Waals surface area contributed by atoms with E-state index in [2.05, 4.69) is 10.3 Å². The maximum Gasteiger partial charge on any atom is 0.270 e. The minimum Gasteiger partial charge on any atom is -0.349 e. The second-order valence-electron chi connectivity index (χ2n) is 5.60. The van der Waals surface area contributed by atoms with Gasteiger partial charge < -0.3 is 11.1 Å². The van der Waals surface area contributed by atoms with Gasteiger partial charge in [0, 0.05) is 23.0 Å². The van der Waals surface area contributed by atoms with Gasteiger partial charge in [-0.25, -0.2) is 4.98 Å². The van der Waals surface area contributed by atoms with Crippen molar-refractivity contribution in [3.63, 3.8) is 0 Å². The molecule has 1 aromatic heterocycles. The molecular weight excluding hydrogens is 330 g/mol. The van der Waals surface area contributed by atoms with Crippen molar-refractivity contribution >= 4 is 29.7 Å². The first kappa shape index (κ1) is 19.6. The lowest BCUT2D eigenvalue weighted by Gasteiger charge is -2.26. The van der Waals surface area contributed by atoms with Gasteiger partial charge in [-0.1, -0.05) is 38.1 Å². The lowest BCUT2D eigenvalue weighted by molar-refractivity contribution is 0.0938. The van der Waals surface area contributed by atoms with Crippen molar-refractivity contribution in [2.24, 2.45) is 5.73 Å². The fraction of sp³-hybridized carbons (Fsp3) is 0.412. The van der Waals surface area contributed by atoms with E-state index in [1.807, 2.05) is 45.0 Å². The highest BCUT2D eigenvalue weighted by atomic mass is 35.5. The third kappa shape index (κ3) is 4.77. The van der Waals surface area contributed by atoms with Crippen LogP contribution in [-0.4, -0.2) is 23.0 Å². The van der Waals surface area contributed by atoms with Gasteiger partial charge in [0.2, 0.25) is 0 Å². The molecule has 2 aromatic rings. The largest absolute Gasteiger partial charge is 0.349 e. The van der Waals surface area contributed by atoms with E-state index in [0.717, 1.165) is 29.0 Å². The Morgan fingerprint density at radius 2 is 1.96 bits per heavy atom. The molecule has 3 N–H and O–H groups in total. The lowest BCUT2D eigenvalue weighted by Crippen LogP contribution is -2.49. The van der Waals surface area contributed by atoms with E-state index in [1.165, 1.54) is 11.3 Å².